The lowest BCUT2D eigenvalue weighted by Crippen LogP contribution is -2.32. The van der Waals surface area contributed by atoms with Gasteiger partial charge in [-0.2, -0.15) is 0 Å². The SMILES string of the molecule is COc1ncnc(C2CC2)c1-c1ncc2nc(NCc3ccc(S(C)(=O)=O)cn3)c(=O)n(C3CCC3)c2n1. The van der Waals surface area contributed by atoms with E-state index in [2.05, 4.69) is 30.2 Å². The zero-order chi connectivity index (χ0) is 26.4. The summed E-state index contributed by atoms with van der Waals surface area (Å²) in [6, 6.07) is 3.12. The van der Waals surface area contributed by atoms with E-state index in [0.717, 1.165) is 44.1 Å². The number of hydrogen-bond donors (Lipinski definition) is 1. The van der Waals surface area contributed by atoms with E-state index in [1.807, 2.05) is 0 Å². The number of nitrogens with zero attached hydrogens (tertiary/aromatic N) is 7. The molecule has 196 valence electrons. The maximum atomic E-state index is 13.6. The highest BCUT2D eigenvalue weighted by Gasteiger charge is 2.32. The van der Waals surface area contributed by atoms with E-state index in [0.29, 0.717) is 40.0 Å². The summed E-state index contributed by atoms with van der Waals surface area (Å²) in [7, 11) is -1.79. The Hall–Kier alpha value is -4.00. The molecule has 0 spiro atoms. The third-order valence-corrected chi connectivity index (χ3v) is 8.06. The van der Waals surface area contributed by atoms with Crippen molar-refractivity contribution >= 4 is 26.8 Å². The first-order valence-corrected chi connectivity index (χ1v) is 14.3. The molecule has 1 N–H and O–H groups in total. The lowest BCUT2D eigenvalue weighted by atomic mass is 9.93. The number of fused-ring (bicyclic) bond motifs is 1. The fourth-order valence-corrected chi connectivity index (χ4v) is 5.10. The summed E-state index contributed by atoms with van der Waals surface area (Å²) in [4.78, 5) is 40.6. The van der Waals surface area contributed by atoms with Crippen LogP contribution in [-0.2, 0) is 16.4 Å². The third-order valence-electron chi connectivity index (χ3n) is 6.96. The van der Waals surface area contributed by atoms with Crippen LogP contribution >= 0.6 is 0 Å². The van der Waals surface area contributed by atoms with Gasteiger partial charge in [-0.1, -0.05) is 0 Å². The molecule has 2 fully saturated rings. The number of methoxy groups -OCH3 is 1. The molecule has 0 aromatic carbocycles. The molecule has 0 radical (unpaired) electrons. The molecule has 12 nitrogen and oxygen atoms in total. The van der Waals surface area contributed by atoms with Gasteiger partial charge in [0, 0.05) is 24.4 Å². The molecule has 4 aromatic heterocycles. The fourth-order valence-electron chi connectivity index (χ4n) is 4.54. The van der Waals surface area contributed by atoms with Gasteiger partial charge < -0.3 is 10.1 Å². The number of nitrogens with one attached hydrogen (secondary N) is 1. The Labute approximate surface area is 218 Å². The predicted octanol–water partition coefficient (Wildman–Crippen LogP) is 2.67. The number of ether oxygens (including phenoxy) is 1. The molecule has 0 unspecified atom stereocenters. The Morgan fingerprint density at radius 3 is 2.50 bits per heavy atom. The number of anilines is 1. The second-order valence-corrected chi connectivity index (χ2v) is 11.7. The van der Waals surface area contributed by atoms with Crippen LogP contribution in [0.5, 0.6) is 5.88 Å². The maximum absolute atomic E-state index is 13.6. The van der Waals surface area contributed by atoms with E-state index >= 15 is 0 Å². The highest BCUT2D eigenvalue weighted by atomic mass is 32.2. The topological polar surface area (TPSA) is 155 Å². The van der Waals surface area contributed by atoms with E-state index in [1.165, 1.54) is 18.6 Å². The van der Waals surface area contributed by atoms with Crippen molar-refractivity contribution in [2.45, 2.75) is 55.5 Å². The number of sulfone groups is 1. The van der Waals surface area contributed by atoms with Gasteiger partial charge in [-0.3, -0.25) is 14.3 Å². The molecule has 0 bridgehead atoms. The molecule has 38 heavy (non-hydrogen) atoms. The van der Waals surface area contributed by atoms with Crippen molar-refractivity contribution in [1.82, 2.24) is 34.5 Å². The molecule has 4 heterocycles. The van der Waals surface area contributed by atoms with E-state index in [1.54, 1.807) is 23.9 Å². The summed E-state index contributed by atoms with van der Waals surface area (Å²) >= 11 is 0. The Bertz CT molecular complexity index is 1700. The molecule has 6 rings (SSSR count). The molecule has 2 saturated carbocycles. The van der Waals surface area contributed by atoms with Gasteiger partial charge in [0.25, 0.3) is 5.56 Å². The summed E-state index contributed by atoms with van der Waals surface area (Å²) in [6.07, 6.45) is 10.4. The molecule has 0 aliphatic heterocycles. The fraction of sp³-hybridized carbons (Fsp3) is 0.400. The molecule has 2 aliphatic carbocycles. The summed E-state index contributed by atoms with van der Waals surface area (Å²) in [5.41, 5.74) is 2.74. The number of rotatable bonds is 8. The Balaban J connectivity index is 1.40. The molecule has 0 atom stereocenters. The monoisotopic (exact) mass is 534 g/mol. The van der Waals surface area contributed by atoms with Gasteiger partial charge in [-0.05, 0) is 44.2 Å². The molecule has 0 saturated heterocycles. The first-order valence-electron chi connectivity index (χ1n) is 12.4. The average molecular weight is 535 g/mol. The molecular weight excluding hydrogens is 508 g/mol. The van der Waals surface area contributed by atoms with Gasteiger partial charge >= 0.3 is 0 Å². The zero-order valence-corrected chi connectivity index (χ0v) is 21.8. The molecule has 0 amide bonds. The summed E-state index contributed by atoms with van der Waals surface area (Å²) in [5, 5.41) is 3.07. The molecule has 2 aliphatic rings. The molecule has 13 heteroatoms. The minimum atomic E-state index is -3.34. The highest BCUT2D eigenvalue weighted by molar-refractivity contribution is 7.90. The van der Waals surface area contributed by atoms with Crippen molar-refractivity contribution in [3.05, 3.63) is 52.6 Å². The number of pyridine rings is 1. The van der Waals surface area contributed by atoms with Crippen LogP contribution < -0.4 is 15.6 Å². The first kappa shape index (κ1) is 24.3. The van der Waals surface area contributed by atoms with Crippen LogP contribution in [0.4, 0.5) is 5.82 Å². The van der Waals surface area contributed by atoms with Gasteiger partial charge in [0.05, 0.1) is 36.1 Å². The summed E-state index contributed by atoms with van der Waals surface area (Å²) in [5.74, 6) is 1.29. The van der Waals surface area contributed by atoms with Crippen LogP contribution in [0.1, 0.15) is 55.5 Å². The van der Waals surface area contributed by atoms with E-state index in [4.69, 9.17) is 9.72 Å². The second kappa shape index (κ2) is 9.39. The predicted molar refractivity (Wildman–Crippen MR) is 139 cm³/mol. The van der Waals surface area contributed by atoms with Gasteiger partial charge in [0.1, 0.15) is 17.4 Å². The normalized spacial score (nSPS) is 15.8. The van der Waals surface area contributed by atoms with E-state index in [9.17, 15) is 13.2 Å². The van der Waals surface area contributed by atoms with Crippen LogP contribution in [0.3, 0.4) is 0 Å². The second-order valence-electron chi connectivity index (χ2n) is 9.65. The van der Waals surface area contributed by atoms with Gasteiger partial charge in [-0.25, -0.2) is 33.3 Å². The van der Waals surface area contributed by atoms with Crippen LogP contribution in [-0.4, -0.2) is 56.3 Å². The van der Waals surface area contributed by atoms with Crippen molar-refractivity contribution in [3.63, 3.8) is 0 Å². The number of hydrogen-bond acceptors (Lipinski definition) is 11. The van der Waals surface area contributed by atoms with Crippen LogP contribution in [0.2, 0.25) is 0 Å². The van der Waals surface area contributed by atoms with Crippen LogP contribution in [0, 0.1) is 0 Å². The van der Waals surface area contributed by atoms with Gasteiger partial charge in [0.15, 0.2) is 27.1 Å². The molecular formula is C25H26N8O4S. The standard InChI is InChI=1S/C25H26N8O4S/c1-37-24-19(20(14-6-7-14)29-13-30-24)21-28-12-18-23(32-21)33(16-4-3-5-16)25(34)22(31-18)27-10-15-8-9-17(11-26-15)38(2,35)36/h8-9,11-14,16H,3-7,10H2,1-2H3,(H,27,31). The van der Waals surface area contributed by atoms with Crippen LogP contribution in [0.15, 0.2) is 40.5 Å². The minimum Gasteiger partial charge on any atom is -0.480 e. The first-order chi connectivity index (χ1) is 18.3. The van der Waals surface area contributed by atoms with Crippen molar-refractivity contribution in [2.75, 3.05) is 18.7 Å². The Morgan fingerprint density at radius 1 is 1.05 bits per heavy atom. The van der Waals surface area contributed by atoms with Gasteiger partial charge in [0.2, 0.25) is 5.88 Å². The Kier molecular flexibility index (Phi) is 6.01. The minimum absolute atomic E-state index is 0.0142. The zero-order valence-electron chi connectivity index (χ0n) is 21.0. The lowest BCUT2D eigenvalue weighted by Gasteiger charge is -2.28. The third kappa shape index (κ3) is 4.46. The summed E-state index contributed by atoms with van der Waals surface area (Å²) in [6.45, 7) is 0.199. The average Bonchev–Trinajstić information content (AvgIpc) is 3.73. The summed E-state index contributed by atoms with van der Waals surface area (Å²) < 4.78 is 30.6. The van der Waals surface area contributed by atoms with Gasteiger partial charge in [-0.15, -0.1) is 0 Å². The quantitative estimate of drug-likeness (QED) is 0.355. The van der Waals surface area contributed by atoms with E-state index in [-0.39, 0.29) is 28.9 Å². The van der Waals surface area contributed by atoms with Crippen molar-refractivity contribution in [2.24, 2.45) is 0 Å². The highest BCUT2D eigenvalue weighted by Crippen LogP contribution is 2.45. The van der Waals surface area contributed by atoms with Crippen molar-refractivity contribution in [1.29, 1.82) is 0 Å². The van der Waals surface area contributed by atoms with Crippen LogP contribution in [0.25, 0.3) is 22.6 Å². The Morgan fingerprint density at radius 2 is 1.87 bits per heavy atom. The lowest BCUT2D eigenvalue weighted by molar-refractivity contribution is 0.313. The van der Waals surface area contributed by atoms with Crippen molar-refractivity contribution < 1.29 is 13.2 Å². The maximum Gasteiger partial charge on any atom is 0.295 e. The van der Waals surface area contributed by atoms with Crippen molar-refractivity contribution in [3.8, 4) is 17.3 Å². The van der Waals surface area contributed by atoms with E-state index < -0.39 is 9.84 Å². The smallest absolute Gasteiger partial charge is 0.295 e. The largest absolute Gasteiger partial charge is 0.480 e. The molecule has 4 aromatic rings. The number of aromatic nitrogens is 7.